The van der Waals surface area contributed by atoms with Gasteiger partial charge in [-0.1, -0.05) is 0 Å². The van der Waals surface area contributed by atoms with Crippen LogP contribution >= 0.6 is 0 Å². The molecule has 0 bridgehead atoms. The molecule has 0 amide bonds. The SMILES string of the molecule is CC(C)N1CCC(n2c([C@@H]3CCCO3)nc3cccnc32)CC1. The molecular weight excluding hydrogens is 288 g/mol. The average molecular weight is 314 g/mol. The molecule has 2 aliphatic rings. The molecule has 4 heterocycles. The van der Waals surface area contributed by atoms with Gasteiger partial charge in [-0.3, -0.25) is 0 Å². The van der Waals surface area contributed by atoms with Gasteiger partial charge in [0.25, 0.3) is 0 Å². The number of hydrogen-bond acceptors (Lipinski definition) is 4. The number of pyridine rings is 1. The highest BCUT2D eigenvalue weighted by Gasteiger charge is 2.30. The van der Waals surface area contributed by atoms with Crippen molar-refractivity contribution >= 4 is 11.2 Å². The van der Waals surface area contributed by atoms with Crippen molar-refractivity contribution in [2.24, 2.45) is 0 Å². The molecule has 0 N–H and O–H groups in total. The highest BCUT2D eigenvalue weighted by atomic mass is 16.5. The molecule has 23 heavy (non-hydrogen) atoms. The maximum atomic E-state index is 5.94. The van der Waals surface area contributed by atoms with Gasteiger partial charge in [0.2, 0.25) is 0 Å². The van der Waals surface area contributed by atoms with Crippen molar-refractivity contribution in [2.75, 3.05) is 19.7 Å². The summed E-state index contributed by atoms with van der Waals surface area (Å²) in [6.45, 7) is 7.73. The zero-order valence-electron chi connectivity index (χ0n) is 14.1. The zero-order valence-corrected chi connectivity index (χ0v) is 14.1. The Labute approximate surface area is 137 Å². The standard InChI is InChI=1S/C18H26N4O/c1-13(2)21-10-7-14(8-11-21)22-17-15(5-3-9-19-17)20-18(22)16-6-4-12-23-16/h3,5,9,13-14,16H,4,6-8,10-12H2,1-2H3/t16-/m0/s1. The van der Waals surface area contributed by atoms with E-state index in [9.17, 15) is 0 Å². The lowest BCUT2D eigenvalue weighted by molar-refractivity contribution is 0.0955. The Kier molecular flexibility index (Phi) is 4.07. The van der Waals surface area contributed by atoms with Crippen molar-refractivity contribution in [3.8, 4) is 0 Å². The predicted molar refractivity (Wildman–Crippen MR) is 90.4 cm³/mol. The van der Waals surface area contributed by atoms with E-state index < -0.39 is 0 Å². The summed E-state index contributed by atoms with van der Waals surface area (Å²) in [5, 5.41) is 0. The number of imidazole rings is 1. The number of fused-ring (bicyclic) bond motifs is 1. The smallest absolute Gasteiger partial charge is 0.160 e. The van der Waals surface area contributed by atoms with E-state index >= 15 is 0 Å². The zero-order chi connectivity index (χ0) is 15.8. The van der Waals surface area contributed by atoms with E-state index in [0.717, 1.165) is 49.5 Å². The quantitative estimate of drug-likeness (QED) is 0.871. The van der Waals surface area contributed by atoms with Crippen LogP contribution < -0.4 is 0 Å². The van der Waals surface area contributed by atoms with E-state index in [1.54, 1.807) is 0 Å². The molecule has 1 atom stereocenters. The fraction of sp³-hybridized carbons (Fsp3) is 0.667. The van der Waals surface area contributed by atoms with Crippen LogP contribution in [0, 0.1) is 0 Å². The van der Waals surface area contributed by atoms with Crippen LogP contribution in [0.15, 0.2) is 18.3 Å². The van der Waals surface area contributed by atoms with Crippen LogP contribution in [0.3, 0.4) is 0 Å². The molecule has 0 aliphatic carbocycles. The lowest BCUT2D eigenvalue weighted by atomic mass is 10.0. The van der Waals surface area contributed by atoms with Gasteiger partial charge in [0.15, 0.2) is 5.65 Å². The number of hydrogen-bond donors (Lipinski definition) is 0. The fourth-order valence-electron chi connectivity index (χ4n) is 3.98. The second kappa shape index (κ2) is 6.21. The molecule has 124 valence electrons. The van der Waals surface area contributed by atoms with Gasteiger partial charge >= 0.3 is 0 Å². The molecule has 5 heteroatoms. The molecule has 2 aromatic heterocycles. The van der Waals surface area contributed by atoms with Crippen LogP contribution in [0.1, 0.15) is 57.5 Å². The van der Waals surface area contributed by atoms with Gasteiger partial charge in [-0.25, -0.2) is 9.97 Å². The Hall–Kier alpha value is -1.46. The summed E-state index contributed by atoms with van der Waals surface area (Å²) in [4.78, 5) is 12.1. The van der Waals surface area contributed by atoms with Crippen LogP contribution in [0.2, 0.25) is 0 Å². The van der Waals surface area contributed by atoms with Crippen LogP contribution in [0.5, 0.6) is 0 Å². The van der Waals surface area contributed by atoms with Crippen molar-refractivity contribution in [1.29, 1.82) is 0 Å². The second-order valence-corrected chi connectivity index (χ2v) is 7.05. The topological polar surface area (TPSA) is 43.2 Å². The summed E-state index contributed by atoms with van der Waals surface area (Å²) < 4.78 is 8.33. The average Bonchev–Trinajstić information content (AvgIpc) is 3.22. The van der Waals surface area contributed by atoms with Gasteiger partial charge < -0.3 is 14.2 Å². The first kappa shape index (κ1) is 15.1. The first-order chi connectivity index (χ1) is 11.2. The molecule has 2 fully saturated rings. The second-order valence-electron chi connectivity index (χ2n) is 7.05. The number of nitrogens with zero attached hydrogens (tertiary/aromatic N) is 4. The Morgan fingerprint density at radius 2 is 2.04 bits per heavy atom. The van der Waals surface area contributed by atoms with Crippen molar-refractivity contribution in [3.05, 3.63) is 24.2 Å². The van der Waals surface area contributed by atoms with Crippen molar-refractivity contribution < 1.29 is 4.74 Å². The highest BCUT2D eigenvalue weighted by molar-refractivity contribution is 5.71. The normalized spacial score (nSPS) is 24.0. The Morgan fingerprint density at radius 1 is 1.22 bits per heavy atom. The third-order valence-electron chi connectivity index (χ3n) is 5.29. The van der Waals surface area contributed by atoms with Crippen molar-refractivity contribution in [1.82, 2.24) is 19.4 Å². The molecule has 2 saturated heterocycles. The lowest BCUT2D eigenvalue weighted by Gasteiger charge is -2.36. The number of likely N-dealkylation sites (tertiary alicyclic amines) is 1. The largest absolute Gasteiger partial charge is 0.370 e. The molecular formula is C18H26N4O. The summed E-state index contributed by atoms with van der Waals surface area (Å²) in [5.41, 5.74) is 2.03. The van der Waals surface area contributed by atoms with Crippen LogP contribution in [0.4, 0.5) is 0 Å². The number of aromatic nitrogens is 3. The van der Waals surface area contributed by atoms with Gasteiger partial charge in [-0.05, 0) is 51.7 Å². The Bertz CT molecular complexity index is 667. The summed E-state index contributed by atoms with van der Waals surface area (Å²) in [6.07, 6.45) is 6.57. The van der Waals surface area contributed by atoms with E-state index in [1.807, 2.05) is 12.3 Å². The van der Waals surface area contributed by atoms with Gasteiger partial charge in [0, 0.05) is 38.0 Å². The fourth-order valence-corrected chi connectivity index (χ4v) is 3.98. The number of piperidine rings is 1. The number of rotatable bonds is 3. The van der Waals surface area contributed by atoms with Gasteiger partial charge in [-0.2, -0.15) is 0 Å². The van der Waals surface area contributed by atoms with Crippen molar-refractivity contribution in [2.45, 2.75) is 57.7 Å². The maximum absolute atomic E-state index is 5.94. The number of ether oxygens (including phenoxy) is 1. The molecule has 2 aromatic rings. The van der Waals surface area contributed by atoms with E-state index in [4.69, 9.17) is 9.72 Å². The first-order valence-corrected chi connectivity index (χ1v) is 8.92. The predicted octanol–water partition coefficient (Wildman–Crippen LogP) is 3.33. The highest BCUT2D eigenvalue weighted by Crippen LogP contribution is 2.35. The minimum atomic E-state index is 0.146. The summed E-state index contributed by atoms with van der Waals surface area (Å²) >= 11 is 0. The van der Waals surface area contributed by atoms with Crippen LogP contribution in [-0.4, -0.2) is 45.2 Å². The van der Waals surface area contributed by atoms with Crippen LogP contribution in [0.25, 0.3) is 11.2 Å². The molecule has 0 saturated carbocycles. The van der Waals surface area contributed by atoms with Crippen molar-refractivity contribution in [3.63, 3.8) is 0 Å². The van der Waals surface area contributed by atoms with E-state index in [2.05, 4.69) is 34.4 Å². The maximum Gasteiger partial charge on any atom is 0.160 e. The molecule has 0 unspecified atom stereocenters. The molecule has 4 rings (SSSR count). The van der Waals surface area contributed by atoms with E-state index in [-0.39, 0.29) is 6.10 Å². The molecule has 0 spiro atoms. The van der Waals surface area contributed by atoms with Crippen LogP contribution in [-0.2, 0) is 4.74 Å². The molecule has 0 aromatic carbocycles. The van der Waals surface area contributed by atoms with Gasteiger partial charge in [0.1, 0.15) is 17.4 Å². The third-order valence-corrected chi connectivity index (χ3v) is 5.29. The summed E-state index contributed by atoms with van der Waals surface area (Å²) in [5.74, 6) is 1.10. The monoisotopic (exact) mass is 314 g/mol. The summed E-state index contributed by atoms with van der Waals surface area (Å²) in [7, 11) is 0. The minimum Gasteiger partial charge on any atom is -0.370 e. The molecule has 2 aliphatic heterocycles. The Balaban J connectivity index is 1.69. The minimum absolute atomic E-state index is 0.146. The molecule has 0 radical (unpaired) electrons. The van der Waals surface area contributed by atoms with Gasteiger partial charge in [-0.15, -0.1) is 0 Å². The van der Waals surface area contributed by atoms with Gasteiger partial charge in [0.05, 0.1) is 0 Å². The lowest BCUT2D eigenvalue weighted by Crippen LogP contribution is -2.39. The molecule has 5 nitrogen and oxygen atoms in total. The van der Waals surface area contributed by atoms with E-state index in [0.29, 0.717) is 12.1 Å². The van der Waals surface area contributed by atoms with E-state index in [1.165, 1.54) is 12.8 Å². The summed E-state index contributed by atoms with van der Waals surface area (Å²) in [6, 6.07) is 5.16. The third kappa shape index (κ3) is 2.76. The first-order valence-electron chi connectivity index (χ1n) is 8.92. The Morgan fingerprint density at radius 3 is 2.74 bits per heavy atom.